The molecule has 0 spiro atoms. The molecule has 1 saturated carbocycles. The lowest BCUT2D eigenvalue weighted by atomic mass is 9.95. The molecule has 1 aliphatic rings. The van der Waals surface area contributed by atoms with E-state index in [0.717, 1.165) is 50.3 Å². The minimum absolute atomic E-state index is 0. The van der Waals surface area contributed by atoms with Crippen LogP contribution in [0.1, 0.15) is 57.8 Å². The third-order valence-electron chi connectivity index (χ3n) is 3.68. The van der Waals surface area contributed by atoms with Gasteiger partial charge in [-0.2, -0.15) is 11.8 Å². The molecule has 114 valence electrons. The van der Waals surface area contributed by atoms with E-state index in [1.807, 2.05) is 11.8 Å². The van der Waals surface area contributed by atoms with Crippen LogP contribution in [0.5, 0.6) is 0 Å². The predicted molar refractivity (Wildman–Crippen MR) is 87.1 cm³/mol. The summed E-state index contributed by atoms with van der Waals surface area (Å²) in [6, 6.07) is 0.424. The average molecular weight is 309 g/mol. The first kappa shape index (κ1) is 19.1. The number of nitrogens with two attached hydrogens (primary N) is 1. The van der Waals surface area contributed by atoms with Gasteiger partial charge in [0.05, 0.1) is 0 Å². The Balaban J connectivity index is 0.00000324. The Bertz CT molecular complexity index is 241. The van der Waals surface area contributed by atoms with Crippen LogP contribution in [0.4, 0.5) is 0 Å². The van der Waals surface area contributed by atoms with Crippen molar-refractivity contribution in [3.8, 4) is 0 Å². The number of hydrogen-bond donors (Lipinski definition) is 2. The first-order chi connectivity index (χ1) is 8.76. The number of thioether (sulfide) groups is 1. The molecule has 0 heterocycles. The fraction of sp³-hybridized carbons (Fsp3) is 0.929. The number of hydrogen-bond acceptors (Lipinski definition) is 3. The molecule has 1 rings (SSSR count). The average Bonchev–Trinajstić information content (AvgIpc) is 2.38. The number of rotatable bonds is 8. The highest BCUT2D eigenvalue weighted by molar-refractivity contribution is 7.99. The van der Waals surface area contributed by atoms with Crippen LogP contribution in [-0.4, -0.2) is 30.0 Å². The summed E-state index contributed by atoms with van der Waals surface area (Å²) in [4.78, 5) is 11.8. The Morgan fingerprint density at radius 3 is 2.68 bits per heavy atom. The Morgan fingerprint density at radius 2 is 2.00 bits per heavy atom. The molecule has 2 unspecified atom stereocenters. The lowest BCUT2D eigenvalue weighted by molar-refractivity contribution is -0.122. The molecule has 0 aliphatic heterocycles. The van der Waals surface area contributed by atoms with E-state index in [0.29, 0.717) is 12.5 Å². The number of halogens is 1. The molecule has 2 atom stereocenters. The maximum atomic E-state index is 11.8. The van der Waals surface area contributed by atoms with Crippen molar-refractivity contribution >= 4 is 30.1 Å². The summed E-state index contributed by atoms with van der Waals surface area (Å²) in [7, 11) is 0. The van der Waals surface area contributed by atoms with Gasteiger partial charge >= 0.3 is 0 Å². The van der Waals surface area contributed by atoms with E-state index in [-0.39, 0.29) is 18.3 Å². The first-order valence-electron chi connectivity index (χ1n) is 7.28. The van der Waals surface area contributed by atoms with Crippen LogP contribution < -0.4 is 11.1 Å². The van der Waals surface area contributed by atoms with E-state index in [9.17, 15) is 4.79 Å². The summed E-state index contributed by atoms with van der Waals surface area (Å²) in [6.45, 7) is 0.768. The molecular formula is C14H29ClN2OS. The number of amides is 1. The van der Waals surface area contributed by atoms with Crippen LogP contribution in [0.15, 0.2) is 0 Å². The SMILES string of the molecule is CSC1CCCC(NC(=O)CCCCCCN)C1.Cl. The van der Waals surface area contributed by atoms with Gasteiger partial charge in [-0.15, -0.1) is 12.4 Å². The summed E-state index contributed by atoms with van der Waals surface area (Å²) >= 11 is 1.94. The molecular weight excluding hydrogens is 280 g/mol. The van der Waals surface area contributed by atoms with Crippen molar-refractivity contribution in [1.82, 2.24) is 5.32 Å². The first-order valence-corrected chi connectivity index (χ1v) is 8.57. The molecule has 3 nitrogen and oxygen atoms in total. The second-order valence-corrected chi connectivity index (χ2v) is 6.38. The molecule has 0 bridgehead atoms. The second kappa shape index (κ2) is 11.9. The molecule has 5 heteroatoms. The van der Waals surface area contributed by atoms with Crippen molar-refractivity contribution in [2.24, 2.45) is 5.73 Å². The summed E-state index contributed by atoms with van der Waals surface area (Å²) in [6.07, 6.45) is 12.1. The largest absolute Gasteiger partial charge is 0.353 e. The zero-order valence-electron chi connectivity index (χ0n) is 12.0. The molecule has 1 aliphatic carbocycles. The van der Waals surface area contributed by atoms with Crippen LogP contribution in [0.25, 0.3) is 0 Å². The topological polar surface area (TPSA) is 55.1 Å². The molecule has 1 fully saturated rings. The lowest BCUT2D eigenvalue weighted by Gasteiger charge is -2.28. The minimum Gasteiger partial charge on any atom is -0.353 e. The fourth-order valence-electron chi connectivity index (χ4n) is 2.57. The fourth-order valence-corrected chi connectivity index (χ4v) is 3.40. The molecule has 0 saturated heterocycles. The van der Waals surface area contributed by atoms with E-state index >= 15 is 0 Å². The normalized spacial score (nSPS) is 22.6. The lowest BCUT2D eigenvalue weighted by Crippen LogP contribution is -2.38. The van der Waals surface area contributed by atoms with E-state index < -0.39 is 0 Å². The van der Waals surface area contributed by atoms with Gasteiger partial charge in [0.15, 0.2) is 0 Å². The summed E-state index contributed by atoms with van der Waals surface area (Å²) in [5, 5.41) is 3.94. The van der Waals surface area contributed by atoms with E-state index in [4.69, 9.17) is 5.73 Å². The van der Waals surface area contributed by atoms with Crippen LogP contribution in [0.2, 0.25) is 0 Å². The molecule has 1 amide bonds. The standard InChI is InChI=1S/C14H28N2OS.ClH/c1-18-13-8-6-7-12(11-13)16-14(17)9-4-2-3-5-10-15;/h12-13H,2-11,15H2,1H3,(H,16,17);1H. The zero-order valence-corrected chi connectivity index (χ0v) is 13.7. The van der Waals surface area contributed by atoms with Crippen molar-refractivity contribution in [1.29, 1.82) is 0 Å². The Hall–Kier alpha value is 0.0700. The maximum Gasteiger partial charge on any atom is 0.220 e. The van der Waals surface area contributed by atoms with Gasteiger partial charge in [-0.25, -0.2) is 0 Å². The van der Waals surface area contributed by atoms with Crippen molar-refractivity contribution in [3.05, 3.63) is 0 Å². The second-order valence-electron chi connectivity index (χ2n) is 5.24. The third kappa shape index (κ3) is 8.77. The molecule has 0 aromatic carbocycles. The van der Waals surface area contributed by atoms with Gasteiger partial charge < -0.3 is 11.1 Å². The van der Waals surface area contributed by atoms with Gasteiger partial charge in [0.2, 0.25) is 5.91 Å². The number of unbranched alkanes of at least 4 members (excludes halogenated alkanes) is 3. The van der Waals surface area contributed by atoms with Gasteiger partial charge in [0, 0.05) is 17.7 Å². The number of nitrogens with one attached hydrogen (secondary N) is 1. The Labute approximate surface area is 128 Å². The Kier molecular flexibility index (Phi) is 11.9. The highest BCUT2D eigenvalue weighted by Crippen LogP contribution is 2.26. The highest BCUT2D eigenvalue weighted by atomic mass is 35.5. The summed E-state index contributed by atoms with van der Waals surface area (Å²) < 4.78 is 0. The van der Waals surface area contributed by atoms with Crippen molar-refractivity contribution in [3.63, 3.8) is 0 Å². The number of carbonyl (C=O) groups excluding carboxylic acids is 1. The van der Waals surface area contributed by atoms with Gasteiger partial charge in [0.25, 0.3) is 0 Å². The number of carbonyl (C=O) groups is 1. The molecule has 0 aromatic heterocycles. The van der Waals surface area contributed by atoms with Gasteiger partial charge in [-0.3, -0.25) is 4.79 Å². The maximum absolute atomic E-state index is 11.8. The minimum atomic E-state index is 0. The van der Waals surface area contributed by atoms with E-state index in [2.05, 4.69) is 11.6 Å². The van der Waals surface area contributed by atoms with Crippen LogP contribution in [-0.2, 0) is 4.79 Å². The molecule has 19 heavy (non-hydrogen) atoms. The van der Waals surface area contributed by atoms with Gasteiger partial charge in [-0.1, -0.05) is 19.3 Å². The Morgan fingerprint density at radius 1 is 1.26 bits per heavy atom. The zero-order chi connectivity index (χ0) is 13.2. The van der Waals surface area contributed by atoms with Crippen LogP contribution in [0.3, 0.4) is 0 Å². The van der Waals surface area contributed by atoms with Gasteiger partial charge in [0.1, 0.15) is 0 Å². The van der Waals surface area contributed by atoms with Crippen molar-refractivity contribution in [2.75, 3.05) is 12.8 Å². The summed E-state index contributed by atoms with van der Waals surface area (Å²) in [5.74, 6) is 0.245. The predicted octanol–water partition coefficient (Wildman–Crippen LogP) is 3.11. The van der Waals surface area contributed by atoms with Crippen molar-refractivity contribution in [2.45, 2.75) is 69.1 Å². The summed E-state index contributed by atoms with van der Waals surface area (Å²) in [5.41, 5.74) is 5.44. The molecule has 3 N–H and O–H groups in total. The molecule has 0 radical (unpaired) electrons. The highest BCUT2D eigenvalue weighted by Gasteiger charge is 2.22. The van der Waals surface area contributed by atoms with Gasteiger partial charge in [-0.05, 0) is 44.9 Å². The van der Waals surface area contributed by atoms with E-state index in [1.165, 1.54) is 12.8 Å². The van der Waals surface area contributed by atoms with Crippen LogP contribution >= 0.6 is 24.2 Å². The van der Waals surface area contributed by atoms with E-state index in [1.54, 1.807) is 0 Å². The quantitative estimate of drug-likeness (QED) is 0.677. The molecule has 0 aromatic rings. The van der Waals surface area contributed by atoms with Crippen molar-refractivity contribution < 1.29 is 4.79 Å². The van der Waals surface area contributed by atoms with Crippen LogP contribution in [0, 0.1) is 0 Å². The third-order valence-corrected chi connectivity index (χ3v) is 4.78. The monoisotopic (exact) mass is 308 g/mol. The smallest absolute Gasteiger partial charge is 0.220 e.